The highest BCUT2D eigenvalue weighted by Gasteiger charge is 2.24. The van der Waals surface area contributed by atoms with Crippen LogP contribution in [0.3, 0.4) is 0 Å². The predicted octanol–water partition coefficient (Wildman–Crippen LogP) is 5.19. The highest BCUT2D eigenvalue weighted by atomic mass is 35.5. The Morgan fingerprint density at radius 3 is 2.51 bits per heavy atom. The van der Waals surface area contributed by atoms with Gasteiger partial charge in [0.25, 0.3) is 5.91 Å². The van der Waals surface area contributed by atoms with Crippen molar-refractivity contribution < 1.29 is 28.8 Å². The number of anilines is 2. The van der Waals surface area contributed by atoms with E-state index < -0.39 is 17.7 Å². The first-order valence-electron chi connectivity index (χ1n) is 9.93. The zero-order chi connectivity index (χ0) is 25.0. The number of para-hydroxylation sites is 2. The maximum absolute atomic E-state index is 12.6. The van der Waals surface area contributed by atoms with Crippen LogP contribution in [0.15, 0.2) is 87.9 Å². The lowest BCUT2D eigenvalue weighted by Crippen LogP contribution is -2.31. The van der Waals surface area contributed by atoms with E-state index in [-0.39, 0.29) is 11.4 Å². The molecule has 13 heteroatoms. The minimum Gasteiger partial charge on any atom is -0.322 e. The van der Waals surface area contributed by atoms with Gasteiger partial charge in [0.05, 0.1) is 28.4 Å². The van der Waals surface area contributed by atoms with Gasteiger partial charge in [0.2, 0.25) is 6.04 Å². The Bertz CT molecular complexity index is 1180. The van der Waals surface area contributed by atoms with Crippen molar-refractivity contribution >= 4 is 52.4 Å². The number of amides is 1. The maximum atomic E-state index is 12.6. The molecule has 0 spiro atoms. The molecule has 0 radical (unpaired) electrons. The number of nitrogens with one attached hydrogen (secondary N) is 2. The van der Waals surface area contributed by atoms with Crippen molar-refractivity contribution in [3.05, 3.63) is 77.8 Å². The van der Waals surface area contributed by atoms with E-state index in [0.717, 1.165) is 12.0 Å². The molecule has 0 saturated heterocycles. The third-order valence-electron chi connectivity index (χ3n) is 4.21. The van der Waals surface area contributed by atoms with Crippen LogP contribution >= 0.6 is 23.6 Å². The molecule has 3 aromatic carbocycles. The van der Waals surface area contributed by atoms with Gasteiger partial charge in [-0.2, -0.15) is 16.1 Å². The van der Waals surface area contributed by atoms with Gasteiger partial charge in [-0.15, -0.1) is 9.32 Å². The number of carbonyl (C=O) groups is 2. The van der Waals surface area contributed by atoms with Crippen LogP contribution in [0.25, 0.3) is 0 Å². The van der Waals surface area contributed by atoms with E-state index in [9.17, 15) is 9.59 Å². The van der Waals surface area contributed by atoms with Crippen molar-refractivity contribution in [3.8, 4) is 5.75 Å². The number of rotatable bonds is 12. The van der Waals surface area contributed by atoms with Gasteiger partial charge < -0.3 is 10.2 Å². The van der Waals surface area contributed by atoms with Crippen LogP contribution in [0, 0.1) is 0 Å². The average molecular weight is 518 g/mol. The molecule has 35 heavy (non-hydrogen) atoms. The molecule has 0 heterocycles. The molecule has 3 aromatic rings. The van der Waals surface area contributed by atoms with Crippen LogP contribution in [0.2, 0.25) is 5.02 Å². The summed E-state index contributed by atoms with van der Waals surface area (Å²) in [6.07, 6.45) is 0. The number of ketones is 1. The molecule has 1 atom stereocenters. The molecule has 4 N–H and O–H groups in total. The summed E-state index contributed by atoms with van der Waals surface area (Å²) in [5, 5.41) is 10.7. The van der Waals surface area contributed by atoms with E-state index >= 15 is 0 Å². The molecule has 182 valence electrons. The van der Waals surface area contributed by atoms with E-state index in [1.54, 1.807) is 42.5 Å². The van der Waals surface area contributed by atoms with Gasteiger partial charge in [-0.25, -0.2) is 5.48 Å². The lowest BCUT2D eigenvalue weighted by molar-refractivity contribution is -0.211. The Balaban J connectivity index is 1.66. The van der Waals surface area contributed by atoms with Crippen molar-refractivity contribution in [2.45, 2.75) is 17.9 Å². The number of azo groups is 1. The Hall–Kier alpha value is -3.52. The first-order valence-corrected chi connectivity index (χ1v) is 11.1. The third kappa shape index (κ3) is 8.03. The average Bonchev–Trinajstić information content (AvgIpc) is 2.85. The van der Waals surface area contributed by atoms with Crippen molar-refractivity contribution in [1.82, 2.24) is 0 Å². The van der Waals surface area contributed by atoms with Crippen LogP contribution in [-0.2, 0) is 23.9 Å². The van der Waals surface area contributed by atoms with Gasteiger partial charge in [-0.05, 0) is 43.3 Å². The summed E-state index contributed by atoms with van der Waals surface area (Å²) in [6.45, 7) is 1.22. The molecule has 3 rings (SSSR count). The van der Waals surface area contributed by atoms with Crippen LogP contribution in [-0.4, -0.2) is 17.7 Å². The Morgan fingerprint density at radius 1 is 1.06 bits per heavy atom. The van der Waals surface area contributed by atoms with Gasteiger partial charge >= 0.3 is 0 Å². The molecule has 0 fully saturated rings. The summed E-state index contributed by atoms with van der Waals surface area (Å²) in [5.41, 5.74) is 3.79. The summed E-state index contributed by atoms with van der Waals surface area (Å²) in [4.78, 5) is 39.2. The molecule has 0 saturated carbocycles. The van der Waals surface area contributed by atoms with Gasteiger partial charge in [-0.1, -0.05) is 46.9 Å². The van der Waals surface area contributed by atoms with Crippen molar-refractivity contribution in [2.75, 3.05) is 10.8 Å². The van der Waals surface area contributed by atoms with Gasteiger partial charge in [0.15, 0.2) is 11.5 Å². The number of nitrogens with zero attached hydrogens (tertiary/aromatic N) is 2. The van der Waals surface area contributed by atoms with Gasteiger partial charge in [0.1, 0.15) is 5.69 Å². The van der Waals surface area contributed by atoms with Gasteiger partial charge in [0, 0.05) is 11.0 Å². The highest BCUT2D eigenvalue weighted by molar-refractivity contribution is 7.94. The molecule has 0 aromatic heterocycles. The summed E-state index contributed by atoms with van der Waals surface area (Å²) in [5.74, 6) is 3.84. The smallest absolute Gasteiger partial charge is 0.258 e. The van der Waals surface area contributed by atoms with E-state index in [0.29, 0.717) is 21.3 Å². The number of nitrogens with two attached hydrogens (primary N) is 1. The number of hydrogen-bond donors (Lipinski definition) is 3. The molecular weight excluding hydrogens is 498 g/mol. The van der Waals surface area contributed by atoms with Crippen LogP contribution in [0.4, 0.5) is 17.1 Å². The normalized spacial score (nSPS) is 11.7. The molecular formula is C22H20ClN5O6S. The highest BCUT2D eigenvalue weighted by Crippen LogP contribution is 2.33. The van der Waals surface area contributed by atoms with Crippen LogP contribution in [0.5, 0.6) is 5.75 Å². The van der Waals surface area contributed by atoms with Crippen LogP contribution < -0.4 is 21.6 Å². The summed E-state index contributed by atoms with van der Waals surface area (Å²) >= 11 is 6.91. The molecule has 0 aliphatic heterocycles. The van der Waals surface area contributed by atoms with Gasteiger partial charge in [-0.3, -0.25) is 9.59 Å². The monoisotopic (exact) mass is 517 g/mol. The Morgan fingerprint density at radius 2 is 1.80 bits per heavy atom. The topological polar surface area (TPSA) is 146 Å². The second kappa shape index (κ2) is 13.4. The van der Waals surface area contributed by atoms with E-state index in [1.165, 1.54) is 19.1 Å². The minimum absolute atomic E-state index is 0.0506. The minimum atomic E-state index is -1.42. The Kier molecular flexibility index (Phi) is 9.98. The molecule has 1 unspecified atom stereocenters. The fourth-order valence-corrected chi connectivity index (χ4v) is 3.19. The molecule has 11 nitrogen and oxygen atoms in total. The second-order valence-corrected chi connectivity index (χ2v) is 7.89. The summed E-state index contributed by atoms with van der Waals surface area (Å²) in [7, 11) is 0. The van der Waals surface area contributed by atoms with E-state index in [2.05, 4.69) is 26.0 Å². The lowest BCUT2D eigenvalue weighted by atomic mass is 10.2. The zero-order valence-corrected chi connectivity index (χ0v) is 19.8. The SMILES string of the molecule is CC(=O)C(N=Nc1ccc(SOONc2ccccc2)cc1OON)C(=O)Nc1ccccc1Cl. The first-order chi connectivity index (χ1) is 17.0. The second-order valence-electron chi connectivity index (χ2n) is 6.71. The number of halogens is 1. The fourth-order valence-electron chi connectivity index (χ4n) is 2.58. The van der Waals surface area contributed by atoms with E-state index in [4.69, 9.17) is 31.7 Å². The standard InChI is InChI=1S/C22H20ClN5O6S/c1-14(29)21(22(30)25-18-10-6-5-9-17(18)23)27-26-19-12-11-16(13-20(19)31-32-24)35-34-33-28-15-7-3-2-4-8-15/h2-13,21,28H,24H2,1H3,(H,25,30). The molecule has 0 bridgehead atoms. The molecule has 0 aliphatic rings. The maximum Gasteiger partial charge on any atom is 0.258 e. The van der Waals surface area contributed by atoms with Crippen molar-refractivity contribution in [2.24, 2.45) is 16.1 Å². The summed E-state index contributed by atoms with van der Waals surface area (Å²) < 4.78 is 5.04. The number of benzene rings is 3. The third-order valence-corrected chi connectivity index (χ3v) is 5.12. The fraction of sp³-hybridized carbons (Fsp3) is 0.0909. The van der Waals surface area contributed by atoms with Crippen molar-refractivity contribution in [3.63, 3.8) is 0 Å². The first kappa shape index (κ1) is 26.1. The number of hydrogen-bond acceptors (Lipinski definition) is 11. The van der Waals surface area contributed by atoms with Crippen LogP contribution in [0.1, 0.15) is 6.92 Å². The number of Topliss-reactive ketones (excluding diaryl/α,β-unsaturated/α-hetero) is 1. The quantitative estimate of drug-likeness (QED) is 0.0737. The number of carbonyl (C=O) groups excluding carboxylic acids is 2. The largest absolute Gasteiger partial charge is 0.322 e. The Labute approximate surface area is 209 Å². The molecule has 1 amide bonds. The predicted molar refractivity (Wildman–Crippen MR) is 130 cm³/mol. The van der Waals surface area contributed by atoms with E-state index in [1.807, 2.05) is 18.2 Å². The zero-order valence-electron chi connectivity index (χ0n) is 18.2. The van der Waals surface area contributed by atoms with Crippen molar-refractivity contribution in [1.29, 1.82) is 0 Å². The summed E-state index contributed by atoms with van der Waals surface area (Å²) in [6, 6.07) is 18.9. The lowest BCUT2D eigenvalue weighted by Gasteiger charge is -2.11. The molecule has 0 aliphatic carbocycles.